The van der Waals surface area contributed by atoms with Crippen molar-refractivity contribution in [1.29, 1.82) is 0 Å². The average molecular weight is 300 g/mol. The van der Waals surface area contributed by atoms with Gasteiger partial charge in [0, 0.05) is 6.42 Å². The third-order valence-corrected chi connectivity index (χ3v) is 3.44. The highest BCUT2D eigenvalue weighted by molar-refractivity contribution is 5.74. The Labute approximate surface area is 129 Å². The van der Waals surface area contributed by atoms with Gasteiger partial charge in [0.1, 0.15) is 0 Å². The van der Waals surface area contributed by atoms with Crippen LogP contribution in [0.5, 0.6) is 0 Å². The average Bonchev–Trinajstić information content (AvgIpc) is 2.47. The van der Waals surface area contributed by atoms with Crippen molar-refractivity contribution in [3.8, 4) is 0 Å². The Balaban J connectivity index is 4.09. The number of esters is 2. The minimum atomic E-state index is -0.202. The monoisotopic (exact) mass is 300 g/mol. The van der Waals surface area contributed by atoms with Crippen LogP contribution in [0.1, 0.15) is 78.6 Å². The van der Waals surface area contributed by atoms with Gasteiger partial charge in [0.25, 0.3) is 0 Å². The third-order valence-electron chi connectivity index (χ3n) is 3.44. The lowest BCUT2D eigenvalue weighted by Gasteiger charge is -2.15. The number of carbonyl (C=O) groups excluding carboxylic acids is 2. The van der Waals surface area contributed by atoms with Gasteiger partial charge in [-0.3, -0.25) is 9.59 Å². The van der Waals surface area contributed by atoms with Crippen LogP contribution in [-0.4, -0.2) is 25.2 Å². The Morgan fingerprint density at radius 3 is 1.95 bits per heavy atom. The Bertz CT molecular complexity index is 276. The van der Waals surface area contributed by atoms with Crippen LogP contribution in [0.2, 0.25) is 0 Å². The molecule has 0 aliphatic carbocycles. The maximum atomic E-state index is 12.0. The molecule has 0 aromatic carbocycles. The molecule has 0 amide bonds. The van der Waals surface area contributed by atoms with Crippen LogP contribution in [0.4, 0.5) is 0 Å². The lowest BCUT2D eigenvalue weighted by Crippen LogP contribution is -2.20. The molecule has 0 aromatic rings. The van der Waals surface area contributed by atoms with Gasteiger partial charge < -0.3 is 9.47 Å². The molecule has 4 nitrogen and oxygen atoms in total. The first-order valence-corrected chi connectivity index (χ1v) is 8.47. The SMILES string of the molecule is CCCCOC(=O)CCC(CCCC)C(=O)OCCCC. The van der Waals surface area contributed by atoms with Crippen LogP contribution in [0.3, 0.4) is 0 Å². The largest absolute Gasteiger partial charge is 0.466 e. The number of rotatable bonds is 13. The van der Waals surface area contributed by atoms with Crippen molar-refractivity contribution >= 4 is 11.9 Å². The van der Waals surface area contributed by atoms with Gasteiger partial charge in [-0.25, -0.2) is 0 Å². The lowest BCUT2D eigenvalue weighted by molar-refractivity contribution is -0.150. The smallest absolute Gasteiger partial charge is 0.308 e. The molecule has 0 bridgehead atoms. The third kappa shape index (κ3) is 11.3. The summed E-state index contributed by atoms with van der Waals surface area (Å²) >= 11 is 0. The molecule has 1 unspecified atom stereocenters. The van der Waals surface area contributed by atoms with Crippen LogP contribution in [0.25, 0.3) is 0 Å². The highest BCUT2D eigenvalue weighted by atomic mass is 16.5. The Morgan fingerprint density at radius 1 is 0.810 bits per heavy atom. The Morgan fingerprint density at radius 2 is 1.38 bits per heavy atom. The zero-order valence-corrected chi connectivity index (χ0v) is 14.0. The topological polar surface area (TPSA) is 52.6 Å². The van der Waals surface area contributed by atoms with Gasteiger partial charge in [0.2, 0.25) is 0 Å². The number of hydrogen-bond acceptors (Lipinski definition) is 4. The fraction of sp³-hybridized carbons (Fsp3) is 0.882. The van der Waals surface area contributed by atoms with Gasteiger partial charge in [-0.2, -0.15) is 0 Å². The summed E-state index contributed by atoms with van der Waals surface area (Å²) in [7, 11) is 0. The van der Waals surface area contributed by atoms with E-state index in [4.69, 9.17) is 9.47 Å². The first-order chi connectivity index (χ1) is 10.2. The van der Waals surface area contributed by atoms with Gasteiger partial charge in [0.15, 0.2) is 0 Å². The number of carbonyl (C=O) groups is 2. The highest BCUT2D eigenvalue weighted by Gasteiger charge is 2.21. The van der Waals surface area contributed by atoms with Crippen LogP contribution in [-0.2, 0) is 19.1 Å². The first kappa shape index (κ1) is 19.9. The molecule has 4 heteroatoms. The van der Waals surface area contributed by atoms with Gasteiger partial charge >= 0.3 is 11.9 Å². The molecule has 124 valence electrons. The Hall–Kier alpha value is -1.06. The van der Waals surface area contributed by atoms with E-state index in [1.165, 1.54) is 0 Å². The molecule has 0 N–H and O–H groups in total. The lowest BCUT2D eigenvalue weighted by atomic mass is 9.97. The van der Waals surface area contributed by atoms with Crippen molar-refractivity contribution in [1.82, 2.24) is 0 Å². The second kappa shape index (κ2) is 13.9. The molecule has 0 aliphatic rings. The van der Waals surface area contributed by atoms with Crippen molar-refractivity contribution in [2.45, 2.75) is 78.6 Å². The van der Waals surface area contributed by atoms with Crippen molar-refractivity contribution in [2.24, 2.45) is 5.92 Å². The molecule has 0 aliphatic heterocycles. The highest BCUT2D eigenvalue weighted by Crippen LogP contribution is 2.17. The van der Waals surface area contributed by atoms with Crippen molar-refractivity contribution in [2.75, 3.05) is 13.2 Å². The van der Waals surface area contributed by atoms with Crippen LogP contribution >= 0.6 is 0 Å². The van der Waals surface area contributed by atoms with E-state index in [1.54, 1.807) is 0 Å². The summed E-state index contributed by atoms with van der Waals surface area (Å²) in [5.41, 5.74) is 0. The number of hydrogen-bond donors (Lipinski definition) is 0. The normalized spacial score (nSPS) is 12.0. The fourth-order valence-corrected chi connectivity index (χ4v) is 1.96. The zero-order valence-electron chi connectivity index (χ0n) is 14.0. The zero-order chi connectivity index (χ0) is 15.9. The minimum Gasteiger partial charge on any atom is -0.466 e. The van der Waals surface area contributed by atoms with Crippen molar-refractivity contribution < 1.29 is 19.1 Å². The van der Waals surface area contributed by atoms with Crippen LogP contribution in [0, 0.1) is 5.92 Å². The molecule has 0 spiro atoms. The molecule has 21 heavy (non-hydrogen) atoms. The summed E-state index contributed by atoms with van der Waals surface area (Å²) in [6.07, 6.45) is 7.47. The summed E-state index contributed by atoms with van der Waals surface area (Å²) < 4.78 is 10.4. The summed E-state index contributed by atoms with van der Waals surface area (Å²) in [5, 5.41) is 0. The summed E-state index contributed by atoms with van der Waals surface area (Å²) in [6, 6.07) is 0. The maximum Gasteiger partial charge on any atom is 0.308 e. The first-order valence-electron chi connectivity index (χ1n) is 8.47. The van der Waals surface area contributed by atoms with Crippen LogP contribution in [0.15, 0.2) is 0 Å². The molecule has 0 heterocycles. The summed E-state index contributed by atoms with van der Waals surface area (Å²) in [5.74, 6) is -0.523. The van der Waals surface area contributed by atoms with E-state index >= 15 is 0 Å². The Kier molecular flexibility index (Phi) is 13.2. The van der Waals surface area contributed by atoms with E-state index in [0.29, 0.717) is 26.1 Å². The van der Waals surface area contributed by atoms with Gasteiger partial charge in [-0.05, 0) is 25.7 Å². The predicted molar refractivity (Wildman–Crippen MR) is 84.0 cm³/mol. The molecule has 0 saturated carbocycles. The summed E-state index contributed by atoms with van der Waals surface area (Å²) in [4.78, 5) is 23.6. The van der Waals surface area contributed by atoms with E-state index in [-0.39, 0.29) is 17.9 Å². The van der Waals surface area contributed by atoms with Gasteiger partial charge in [-0.15, -0.1) is 0 Å². The van der Waals surface area contributed by atoms with E-state index in [2.05, 4.69) is 20.8 Å². The molecule has 0 rings (SSSR count). The second-order valence-electron chi connectivity index (χ2n) is 5.47. The second-order valence-corrected chi connectivity index (χ2v) is 5.47. The standard InChI is InChI=1S/C17H32O4/c1-4-7-10-15(17(19)21-14-9-6-3)11-12-16(18)20-13-8-5-2/h15H,4-14H2,1-3H3. The molecule has 0 fully saturated rings. The minimum absolute atomic E-state index is 0.154. The predicted octanol–water partition coefficient (Wildman–Crippen LogP) is 4.26. The molecule has 0 aromatic heterocycles. The molecule has 1 atom stereocenters. The van der Waals surface area contributed by atoms with Crippen molar-refractivity contribution in [3.05, 3.63) is 0 Å². The molecular weight excluding hydrogens is 268 g/mol. The maximum absolute atomic E-state index is 12.0. The van der Waals surface area contributed by atoms with E-state index in [1.807, 2.05) is 0 Å². The molecular formula is C17H32O4. The number of ether oxygens (including phenoxy) is 2. The molecule has 0 radical (unpaired) electrons. The molecule has 0 saturated heterocycles. The summed E-state index contributed by atoms with van der Waals surface area (Å²) in [6.45, 7) is 7.18. The van der Waals surface area contributed by atoms with Crippen LogP contribution < -0.4 is 0 Å². The quantitative estimate of drug-likeness (QED) is 0.377. The van der Waals surface area contributed by atoms with E-state index in [9.17, 15) is 9.59 Å². The number of unbranched alkanes of at least 4 members (excludes halogenated alkanes) is 3. The van der Waals surface area contributed by atoms with Gasteiger partial charge in [0.05, 0.1) is 19.1 Å². The fourth-order valence-electron chi connectivity index (χ4n) is 1.96. The van der Waals surface area contributed by atoms with E-state index in [0.717, 1.165) is 44.9 Å². The van der Waals surface area contributed by atoms with Gasteiger partial charge in [-0.1, -0.05) is 46.5 Å². The van der Waals surface area contributed by atoms with Crippen molar-refractivity contribution in [3.63, 3.8) is 0 Å². The van der Waals surface area contributed by atoms with E-state index < -0.39 is 0 Å².